The molecule has 1 saturated heterocycles. The Labute approximate surface area is 131 Å². The standard InChI is InChI=1S/C17H20N4O/c1-17(2,3)16(22)21-9-7-20(8-10-21)15-13(11-18)5-4-6-14(15)12-19/h4-6H,7-10H2,1-3H3. The third-order valence-corrected chi connectivity index (χ3v) is 3.80. The Bertz CT molecular complexity index is 620. The van der Waals surface area contributed by atoms with Gasteiger partial charge in [-0.05, 0) is 12.1 Å². The Balaban J connectivity index is 2.19. The molecule has 0 unspecified atom stereocenters. The summed E-state index contributed by atoms with van der Waals surface area (Å²) in [5, 5.41) is 18.5. The van der Waals surface area contributed by atoms with E-state index in [4.69, 9.17) is 0 Å². The Morgan fingerprint density at radius 3 is 1.95 bits per heavy atom. The van der Waals surface area contributed by atoms with Crippen LogP contribution in [-0.2, 0) is 4.79 Å². The molecule has 0 spiro atoms. The van der Waals surface area contributed by atoms with Gasteiger partial charge in [-0.15, -0.1) is 0 Å². The summed E-state index contributed by atoms with van der Waals surface area (Å²) in [5.41, 5.74) is 1.32. The fraction of sp³-hybridized carbons (Fsp3) is 0.471. The van der Waals surface area contributed by atoms with Crippen LogP contribution in [0.1, 0.15) is 31.9 Å². The molecule has 0 aromatic heterocycles. The van der Waals surface area contributed by atoms with Crippen LogP contribution in [0.25, 0.3) is 0 Å². The number of nitrogens with zero attached hydrogens (tertiary/aromatic N) is 4. The lowest BCUT2D eigenvalue weighted by atomic mass is 9.94. The summed E-state index contributed by atoms with van der Waals surface area (Å²) in [6, 6.07) is 9.48. The first-order valence-electron chi connectivity index (χ1n) is 7.36. The number of hydrogen-bond donors (Lipinski definition) is 0. The van der Waals surface area contributed by atoms with Gasteiger partial charge in [-0.1, -0.05) is 26.8 Å². The van der Waals surface area contributed by atoms with Gasteiger partial charge >= 0.3 is 0 Å². The number of piperazine rings is 1. The van der Waals surface area contributed by atoms with Gasteiger partial charge in [0.15, 0.2) is 0 Å². The molecule has 114 valence electrons. The van der Waals surface area contributed by atoms with E-state index in [9.17, 15) is 15.3 Å². The Morgan fingerprint density at radius 2 is 1.55 bits per heavy atom. The summed E-state index contributed by atoms with van der Waals surface area (Å²) in [5.74, 6) is 0.140. The van der Waals surface area contributed by atoms with Gasteiger partial charge in [0, 0.05) is 31.6 Å². The van der Waals surface area contributed by atoms with Gasteiger partial charge in [-0.3, -0.25) is 4.79 Å². The number of nitriles is 2. The van der Waals surface area contributed by atoms with E-state index in [0.29, 0.717) is 43.0 Å². The second kappa shape index (κ2) is 6.07. The zero-order valence-electron chi connectivity index (χ0n) is 13.3. The molecular weight excluding hydrogens is 276 g/mol. The fourth-order valence-electron chi connectivity index (χ4n) is 2.67. The van der Waals surface area contributed by atoms with Gasteiger partial charge in [0.25, 0.3) is 0 Å². The van der Waals surface area contributed by atoms with Crippen LogP contribution < -0.4 is 4.90 Å². The molecule has 1 fully saturated rings. The van der Waals surface area contributed by atoms with E-state index in [2.05, 4.69) is 12.1 Å². The highest BCUT2D eigenvalue weighted by Gasteiger charge is 2.30. The predicted octanol–water partition coefficient (Wildman–Crippen LogP) is 2.12. The third-order valence-electron chi connectivity index (χ3n) is 3.80. The molecule has 5 heteroatoms. The Kier molecular flexibility index (Phi) is 4.37. The monoisotopic (exact) mass is 296 g/mol. The summed E-state index contributed by atoms with van der Waals surface area (Å²) in [6.45, 7) is 8.24. The lowest BCUT2D eigenvalue weighted by molar-refractivity contribution is -0.139. The van der Waals surface area contributed by atoms with Gasteiger partial charge in [-0.2, -0.15) is 10.5 Å². The maximum absolute atomic E-state index is 12.3. The SMILES string of the molecule is CC(C)(C)C(=O)N1CCN(c2c(C#N)cccc2C#N)CC1. The molecule has 0 bridgehead atoms. The van der Waals surface area contributed by atoms with Crippen LogP contribution in [0.2, 0.25) is 0 Å². The lowest BCUT2D eigenvalue weighted by Gasteiger charge is -2.39. The summed E-state index contributed by atoms with van der Waals surface area (Å²) >= 11 is 0. The van der Waals surface area contributed by atoms with E-state index < -0.39 is 0 Å². The largest absolute Gasteiger partial charge is 0.366 e. The molecule has 1 aromatic rings. The molecule has 1 heterocycles. The number of anilines is 1. The minimum atomic E-state index is -0.384. The lowest BCUT2D eigenvalue weighted by Crippen LogP contribution is -2.52. The van der Waals surface area contributed by atoms with Crippen molar-refractivity contribution in [2.75, 3.05) is 31.1 Å². The van der Waals surface area contributed by atoms with Crippen LogP contribution in [0.4, 0.5) is 5.69 Å². The van der Waals surface area contributed by atoms with Crippen LogP contribution in [0, 0.1) is 28.1 Å². The van der Waals surface area contributed by atoms with Crippen molar-refractivity contribution in [3.8, 4) is 12.1 Å². The molecule has 0 saturated carbocycles. The van der Waals surface area contributed by atoms with Crippen molar-refractivity contribution in [1.82, 2.24) is 4.90 Å². The molecule has 1 amide bonds. The zero-order valence-corrected chi connectivity index (χ0v) is 13.3. The van der Waals surface area contributed by atoms with Crippen LogP contribution in [-0.4, -0.2) is 37.0 Å². The molecule has 1 aromatic carbocycles. The number of para-hydroxylation sites is 1. The van der Waals surface area contributed by atoms with E-state index in [1.54, 1.807) is 18.2 Å². The molecule has 1 aliphatic rings. The van der Waals surface area contributed by atoms with E-state index in [-0.39, 0.29) is 11.3 Å². The van der Waals surface area contributed by atoms with Gasteiger partial charge in [0.1, 0.15) is 12.1 Å². The van der Waals surface area contributed by atoms with Gasteiger partial charge in [0.2, 0.25) is 5.91 Å². The first-order chi connectivity index (χ1) is 10.4. The third kappa shape index (κ3) is 3.04. The van der Waals surface area contributed by atoms with Crippen LogP contribution in [0.3, 0.4) is 0 Å². The second-order valence-electron chi connectivity index (χ2n) is 6.45. The minimum absolute atomic E-state index is 0.140. The van der Waals surface area contributed by atoms with Crippen LogP contribution >= 0.6 is 0 Å². The fourth-order valence-corrected chi connectivity index (χ4v) is 2.67. The Hall–Kier alpha value is -2.53. The van der Waals surface area contributed by atoms with Crippen molar-refractivity contribution in [2.45, 2.75) is 20.8 Å². The average molecular weight is 296 g/mol. The van der Waals surface area contributed by atoms with Crippen molar-refractivity contribution < 1.29 is 4.79 Å². The highest BCUT2D eigenvalue weighted by Crippen LogP contribution is 2.27. The summed E-state index contributed by atoms with van der Waals surface area (Å²) in [7, 11) is 0. The summed E-state index contributed by atoms with van der Waals surface area (Å²) in [6.07, 6.45) is 0. The van der Waals surface area contributed by atoms with Gasteiger partial charge in [-0.25, -0.2) is 0 Å². The molecular formula is C17H20N4O. The number of benzene rings is 1. The van der Waals surface area contributed by atoms with Gasteiger partial charge in [0.05, 0.1) is 16.8 Å². The van der Waals surface area contributed by atoms with E-state index in [1.165, 1.54) is 0 Å². The van der Waals surface area contributed by atoms with Crippen LogP contribution in [0.15, 0.2) is 18.2 Å². The van der Waals surface area contributed by atoms with Crippen molar-refractivity contribution >= 4 is 11.6 Å². The predicted molar refractivity (Wildman–Crippen MR) is 84.1 cm³/mol. The highest BCUT2D eigenvalue weighted by molar-refractivity contribution is 5.82. The van der Waals surface area contributed by atoms with Crippen molar-refractivity contribution in [2.24, 2.45) is 5.41 Å². The summed E-state index contributed by atoms with van der Waals surface area (Å²) < 4.78 is 0. The van der Waals surface area contributed by atoms with Crippen molar-refractivity contribution in [3.05, 3.63) is 29.3 Å². The van der Waals surface area contributed by atoms with E-state index in [1.807, 2.05) is 30.6 Å². The maximum Gasteiger partial charge on any atom is 0.228 e. The van der Waals surface area contributed by atoms with Gasteiger partial charge < -0.3 is 9.80 Å². The molecule has 0 aliphatic carbocycles. The smallest absolute Gasteiger partial charge is 0.228 e. The summed E-state index contributed by atoms with van der Waals surface area (Å²) in [4.78, 5) is 16.2. The number of carbonyl (C=O) groups is 1. The molecule has 0 atom stereocenters. The second-order valence-corrected chi connectivity index (χ2v) is 6.45. The number of hydrogen-bond acceptors (Lipinski definition) is 4. The number of amides is 1. The molecule has 5 nitrogen and oxygen atoms in total. The normalized spacial score (nSPS) is 15.1. The number of rotatable bonds is 1. The van der Waals surface area contributed by atoms with E-state index in [0.717, 1.165) is 0 Å². The quantitative estimate of drug-likeness (QED) is 0.796. The minimum Gasteiger partial charge on any atom is -0.366 e. The molecule has 2 rings (SSSR count). The average Bonchev–Trinajstić information content (AvgIpc) is 2.52. The van der Waals surface area contributed by atoms with Crippen molar-refractivity contribution in [3.63, 3.8) is 0 Å². The molecule has 0 radical (unpaired) electrons. The molecule has 1 aliphatic heterocycles. The number of carbonyl (C=O) groups excluding carboxylic acids is 1. The zero-order chi connectivity index (χ0) is 16.3. The van der Waals surface area contributed by atoms with Crippen LogP contribution in [0.5, 0.6) is 0 Å². The first-order valence-corrected chi connectivity index (χ1v) is 7.36. The topological polar surface area (TPSA) is 71.1 Å². The first kappa shape index (κ1) is 15.9. The highest BCUT2D eigenvalue weighted by atomic mass is 16.2. The van der Waals surface area contributed by atoms with Crippen molar-refractivity contribution in [1.29, 1.82) is 10.5 Å². The molecule has 22 heavy (non-hydrogen) atoms. The molecule has 0 N–H and O–H groups in total. The van der Waals surface area contributed by atoms with E-state index >= 15 is 0 Å². The maximum atomic E-state index is 12.3. The Morgan fingerprint density at radius 1 is 1.05 bits per heavy atom.